The van der Waals surface area contributed by atoms with E-state index in [1.807, 2.05) is 32.3 Å². The molecule has 0 unspecified atom stereocenters. The molecule has 2 nitrogen and oxygen atoms in total. The van der Waals surface area contributed by atoms with E-state index in [-0.39, 0.29) is 0 Å². The van der Waals surface area contributed by atoms with E-state index in [1.165, 1.54) is 16.3 Å². The van der Waals surface area contributed by atoms with Crippen molar-refractivity contribution in [3.8, 4) is 5.75 Å². The number of hydrogen-bond donors (Lipinski definition) is 0. The topological polar surface area (TPSA) is 12.5 Å². The molecule has 0 atom stereocenters. The number of methoxy groups -OCH3 is 1. The zero-order valence-corrected chi connectivity index (χ0v) is 13.4. The van der Waals surface area contributed by atoms with E-state index in [0.29, 0.717) is 0 Å². The Morgan fingerprint density at radius 3 is 2.64 bits per heavy atom. The molecule has 0 N–H and O–H groups in total. The first-order valence-electron chi connectivity index (χ1n) is 4.18. The van der Waals surface area contributed by atoms with Gasteiger partial charge >= 0.3 is 30.0 Å². The summed E-state index contributed by atoms with van der Waals surface area (Å²) < 4.78 is 5.10. The van der Waals surface area contributed by atoms with Crippen LogP contribution in [0, 0.1) is 6.07 Å². The van der Waals surface area contributed by atoms with Crippen LogP contribution in [-0.4, -0.2) is 26.1 Å². The summed E-state index contributed by atoms with van der Waals surface area (Å²) in [6.45, 7) is 0.900. The molecule has 0 saturated carbocycles. The van der Waals surface area contributed by atoms with Crippen LogP contribution in [0.2, 0.25) is 0 Å². The molecule has 1 rings (SSSR count). The van der Waals surface area contributed by atoms with Gasteiger partial charge in [0.25, 0.3) is 0 Å². The first kappa shape index (κ1) is 14.1. The summed E-state index contributed by atoms with van der Waals surface area (Å²) in [5, 5.41) is 0. The fourth-order valence-electron chi connectivity index (χ4n) is 1.05. The molecule has 1 aromatic rings. The molecular formula is C10H14BrNOZn. The third-order valence-corrected chi connectivity index (χ3v) is 1.56. The van der Waals surface area contributed by atoms with Crippen molar-refractivity contribution in [2.45, 2.75) is 6.54 Å². The van der Waals surface area contributed by atoms with Gasteiger partial charge in [-0.05, 0) is 14.1 Å². The van der Waals surface area contributed by atoms with Crippen molar-refractivity contribution in [2.75, 3.05) is 21.2 Å². The van der Waals surface area contributed by atoms with Gasteiger partial charge in [0, 0.05) is 12.3 Å². The average molecular weight is 310 g/mol. The monoisotopic (exact) mass is 307 g/mol. The van der Waals surface area contributed by atoms with Crippen LogP contribution in [0.25, 0.3) is 0 Å². The van der Waals surface area contributed by atoms with E-state index in [1.54, 1.807) is 7.11 Å². The van der Waals surface area contributed by atoms with Crippen molar-refractivity contribution < 1.29 is 21.1 Å². The zero-order valence-electron chi connectivity index (χ0n) is 8.88. The van der Waals surface area contributed by atoms with Crippen molar-refractivity contribution in [1.29, 1.82) is 0 Å². The van der Waals surface area contributed by atoms with Gasteiger partial charge in [-0.25, -0.2) is 0 Å². The molecule has 0 bridgehead atoms. The molecule has 0 radical (unpaired) electrons. The quantitative estimate of drug-likeness (QED) is 0.628. The van der Waals surface area contributed by atoms with Crippen LogP contribution in [-0.2, 0) is 22.9 Å². The maximum absolute atomic E-state index is 5.10. The van der Waals surface area contributed by atoms with Gasteiger partial charge in [-0.1, -0.05) is 0 Å². The Morgan fingerprint density at radius 2 is 2.14 bits per heavy atom. The van der Waals surface area contributed by atoms with Crippen LogP contribution in [0.3, 0.4) is 0 Å². The molecule has 0 fully saturated rings. The van der Waals surface area contributed by atoms with Crippen molar-refractivity contribution in [2.24, 2.45) is 0 Å². The van der Waals surface area contributed by atoms with Crippen LogP contribution in [0.4, 0.5) is 0 Å². The molecule has 0 aliphatic carbocycles. The number of nitrogens with zero attached hydrogens (tertiary/aromatic N) is 1. The number of rotatable bonds is 3. The summed E-state index contributed by atoms with van der Waals surface area (Å²) >= 11 is 4.25. The number of ether oxygens (including phenoxy) is 1. The summed E-state index contributed by atoms with van der Waals surface area (Å²) in [4.78, 5) is 2.10. The summed E-state index contributed by atoms with van der Waals surface area (Å²) in [6.07, 6.45) is 0. The Morgan fingerprint density at radius 1 is 1.50 bits per heavy atom. The van der Waals surface area contributed by atoms with Gasteiger partial charge in [0.1, 0.15) is 0 Å². The van der Waals surface area contributed by atoms with Gasteiger partial charge < -0.3 is 9.64 Å². The van der Waals surface area contributed by atoms with Crippen molar-refractivity contribution in [1.82, 2.24) is 4.90 Å². The number of hydrogen-bond acceptors (Lipinski definition) is 2. The van der Waals surface area contributed by atoms with Crippen molar-refractivity contribution >= 4 is 13.6 Å². The minimum atomic E-state index is 0.894. The van der Waals surface area contributed by atoms with Crippen LogP contribution in [0.15, 0.2) is 18.2 Å². The van der Waals surface area contributed by atoms with Crippen LogP contribution in [0.1, 0.15) is 5.56 Å². The summed E-state index contributed by atoms with van der Waals surface area (Å²) in [5.74, 6) is 0.894. The molecule has 0 aromatic heterocycles. The van der Waals surface area contributed by atoms with E-state index < -0.39 is 0 Å². The van der Waals surface area contributed by atoms with E-state index in [2.05, 4.69) is 24.6 Å². The Hall–Kier alpha value is 0.0834. The van der Waals surface area contributed by atoms with E-state index in [9.17, 15) is 0 Å². The molecule has 1 aromatic carbocycles. The van der Waals surface area contributed by atoms with E-state index in [4.69, 9.17) is 4.74 Å². The summed E-state index contributed by atoms with van der Waals surface area (Å²) in [7, 11) is 5.75. The number of benzene rings is 1. The Labute approximate surface area is 103 Å². The predicted molar refractivity (Wildman–Crippen MR) is 58.1 cm³/mol. The van der Waals surface area contributed by atoms with Crippen molar-refractivity contribution in [3.05, 3.63) is 29.8 Å². The van der Waals surface area contributed by atoms with Crippen LogP contribution >= 0.6 is 13.6 Å². The first-order valence-corrected chi connectivity index (χ1v) is 11.1. The summed E-state index contributed by atoms with van der Waals surface area (Å²) in [6, 6.07) is 8.94. The van der Waals surface area contributed by atoms with E-state index >= 15 is 0 Å². The first-order chi connectivity index (χ1) is 6.72. The molecule has 0 saturated heterocycles. The maximum atomic E-state index is 5.10. The van der Waals surface area contributed by atoms with Crippen LogP contribution < -0.4 is 4.74 Å². The molecule has 4 heteroatoms. The fraction of sp³-hybridized carbons (Fsp3) is 0.400. The van der Waals surface area contributed by atoms with Crippen LogP contribution in [0.5, 0.6) is 5.75 Å². The second kappa shape index (κ2) is 8.40. The molecule has 0 spiro atoms. The predicted octanol–water partition coefficient (Wildman–Crippen LogP) is 2.40. The average Bonchev–Trinajstić information content (AvgIpc) is 2.20. The SMILES string of the molecule is COc1cc[c-]c(CN(C)C)c1.[Zn+][Br]. The third kappa shape index (κ3) is 5.74. The molecular weight excluding hydrogens is 295 g/mol. The standard InChI is InChI=1S/C10H14NO.BrH.Zn/c1-11(2)8-9-5-4-6-10(7-9)12-3;;/h4,6-7H,8H2,1-3H3;1H;/q-1;;+2/p-1. The van der Waals surface area contributed by atoms with Gasteiger partial charge in [0.05, 0.1) is 7.11 Å². The molecule has 0 heterocycles. The molecule has 0 amide bonds. The summed E-state index contributed by atoms with van der Waals surface area (Å²) in [5.41, 5.74) is 1.15. The Bertz CT molecular complexity index is 256. The van der Waals surface area contributed by atoms with E-state index in [0.717, 1.165) is 17.9 Å². The number of halogens is 1. The normalized spacial score (nSPS) is 9.36. The molecule has 74 valence electrons. The second-order valence-corrected chi connectivity index (χ2v) is 2.99. The Balaban J connectivity index is 0.000000791. The minimum absolute atomic E-state index is 0.894. The van der Waals surface area contributed by atoms with Gasteiger partial charge in [-0.3, -0.25) is 0 Å². The third-order valence-electron chi connectivity index (χ3n) is 1.56. The fourth-order valence-corrected chi connectivity index (χ4v) is 1.05. The van der Waals surface area contributed by atoms with Gasteiger partial charge in [-0.15, -0.1) is 17.7 Å². The molecule has 0 aliphatic heterocycles. The van der Waals surface area contributed by atoms with Gasteiger partial charge in [0.2, 0.25) is 0 Å². The molecule has 14 heavy (non-hydrogen) atoms. The van der Waals surface area contributed by atoms with Gasteiger partial charge in [-0.2, -0.15) is 12.1 Å². The van der Waals surface area contributed by atoms with Gasteiger partial charge in [0.15, 0.2) is 0 Å². The zero-order chi connectivity index (χ0) is 11.0. The Kier molecular flexibility index (Phi) is 8.45. The molecule has 0 aliphatic rings. The van der Waals surface area contributed by atoms with Crippen molar-refractivity contribution in [3.63, 3.8) is 0 Å². The second-order valence-electron chi connectivity index (χ2n) is 2.99.